The third-order valence-electron chi connectivity index (χ3n) is 17.5. The second kappa shape index (κ2) is 52.8. The Labute approximate surface area is 714 Å². The number of Topliss-reactive ketones (excluding diaryl/α,β-unsaturated/α-hetero) is 1. The molecule has 1 heterocycles. The number of thiazole rings is 1. The third-order valence-corrected chi connectivity index (χ3v) is 18.4. The molecule has 514 valence electrons. The van der Waals surface area contributed by atoms with Crippen molar-refractivity contribution in [3.63, 3.8) is 0 Å². The molecule has 96 heavy (non-hydrogen) atoms. The number of nitrogens with one attached hydrogen (secondary N) is 1. The van der Waals surface area contributed by atoms with Crippen molar-refractivity contribution in [1.82, 2.24) is 10.3 Å². The molecular formula is C81H115FK3N5O5S-4. The summed E-state index contributed by atoms with van der Waals surface area (Å²) in [5.74, 6) is 1.05. The van der Waals surface area contributed by atoms with Crippen LogP contribution in [0.4, 0.5) is 4.39 Å². The summed E-state index contributed by atoms with van der Waals surface area (Å²) in [5, 5.41) is 20.6. The zero-order valence-electron chi connectivity index (χ0n) is 62.4. The van der Waals surface area contributed by atoms with Crippen LogP contribution >= 0.6 is 11.3 Å². The first-order chi connectivity index (χ1) is 44.4. The molecule has 4 aromatic carbocycles. The summed E-state index contributed by atoms with van der Waals surface area (Å²) < 4.78 is 28.4. The molecule has 10 nitrogen and oxygen atoms in total. The van der Waals surface area contributed by atoms with Gasteiger partial charge < -0.3 is 62.8 Å². The Morgan fingerprint density at radius 2 is 1.64 bits per heavy atom. The fraction of sp³-hybridized carbons (Fsp3) is 0.519. The van der Waals surface area contributed by atoms with Gasteiger partial charge in [-0.05, 0) is 86.0 Å². The number of nitrogens with zero attached hydrogens (tertiary/aromatic N) is 4. The average molecular weight is 1410 g/mol. The molecule has 2 aliphatic rings. The van der Waals surface area contributed by atoms with Crippen molar-refractivity contribution in [2.75, 3.05) is 20.7 Å². The summed E-state index contributed by atoms with van der Waals surface area (Å²) in [7, 11) is 3.16. The van der Waals surface area contributed by atoms with Crippen LogP contribution in [-0.4, -0.2) is 71.5 Å². The minimum Gasteiger partial charge on any atom is -0.862 e. The van der Waals surface area contributed by atoms with Gasteiger partial charge in [-0.3, -0.25) is 30.7 Å². The molecule has 0 bridgehead atoms. The number of aliphatic imine (C=N–C) groups is 1. The number of carbonyl (C=O) groups is 2. The van der Waals surface area contributed by atoms with E-state index in [0.717, 1.165) is 129 Å². The van der Waals surface area contributed by atoms with Gasteiger partial charge in [0.25, 0.3) is 0 Å². The second-order valence-corrected chi connectivity index (χ2v) is 26.4. The van der Waals surface area contributed by atoms with Crippen LogP contribution in [0.2, 0.25) is 0 Å². The number of rotatable bonds is 34. The van der Waals surface area contributed by atoms with Crippen molar-refractivity contribution in [3.8, 4) is 27.3 Å². The van der Waals surface area contributed by atoms with Crippen LogP contribution < -0.4 is 164 Å². The maximum atomic E-state index is 15.4. The molecule has 2 saturated carbocycles. The average Bonchev–Trinajstić information content (AvgIpc) is 1.31. The summed E-state index contributed by atoms with van der Waals surface area (Å²) in [6.45, 7) is 33.9. The Bertz CT molecular complexity index is 3050. The molecule has 0 saturated heterocycles. The fourth-order valence-electron chi connectivity index (χ4n) is 12.2. The SMILES string of the molecule is C=CCC[N+](C)(/C=C(\C)c1ccc(COc2[c-]c([C-]=N[CH-]OC(CC)CCCC)cc(C3CC3)c2-c2c(C=[N-])[c-]cc(F)c2C)cc1)C(C(=O)CCC(C)C(CCCC)C(=O)NCc1ccc(-c2scnc2CC)cc1)C(C)C.CCC.CO.[CH2-]C1C[CH-]CCCC1.[CH3-].[K+].[K+].[K+]. The number of hydrogen-bond donors (Lipinski definition) is 2. The number of quaternary nitrogens is 1. The van der Waals surface area contributed by atoms with Crippen LogP contribution in [0.1, 0.15) is 235 Å². The predicted octanol–water partition coefficient (Wildman–Crippen LogP) is 11.5. The number of aliphatic hydroxyl groups is 1. The molecule has 7 rings (SSSR count). The minimum absolute atomic E-state index is 0. The molecule has 15 heteroatoms. The Kier molecular flexibility index (Phi) is 52.1. The molecule has 0 aliphatic heterocycles. The Morgan fingerprint density at radius 1 is 0.979 bits per heavy atom. The number of aromatic nitrogens is 1. The quantitative estimate of drug-likeness (QED) is 0.0105. The summed E-state index contributed by atoms with van der Waals surface area (Å²) in [6, 6.07) is 25.9. The number of ether oxygens (including phenoxy) is 2. The number of halogens is 1. The molecular weight excluding hydrogens is 1290 g/mol. The summed E-state index contributed by atoms with van der Waals surface area (Å²) in [5.41, 5.74) is 11.7. The first kappa shape index (κ1) is 94.9. The third kappa shape index (κ3) is 31.4. The van der Waals surface area contributed by atoms with Crippen molar-refractivity contribution < 1.29 is 187 Å². The Hall–Kier alpha value is -1.14. The molecule has 1 amide bonds. The predicted molar refractivity (Wildman–Crippen MR) is 391 cm³/mol. The molecule has 2 aliphatic carbocycles. The maximum absolute atomic E-state index is 15.4. The molecule has 1 aromatic heterocycles. The Balaban J connectivity index is 0.00000481. The molecule has 6 atom stereocenters. The van der Waals surface area contributed by atoms with E-state index in [-0.39, 0.29) is 216 Å². The molecule has 0 spiro atoms. The normalized spacial score (nSPS) is 15.3. The number of aliphatic hydroxyl groups excluding tert-OH is 1. The number of ketones is 1. The van der Waals surface area contributed by atoms with Crippen molar-refractivity contribution in [1.29, 1.82) is 0 Å². The van der Waals surface area contributed by atoms with Crippen LogP contribution in [0.5, 0.6) is 5.75 Å². The monoisotopic (exact) mass is 1410 g/mol. The number of aryl methyl sites for hydroxylation is 1. The van der Waals surface area contributed by atoms with E-state index < -0.39 is 5.82 Å². The standard InChI is InChI=1S/C68H86FN5O4S.C8H14.C3H8.CH4O.CH3.3K/c1-12-17-20-57(15-4)78-44-71-40-52-37-59(54-31-32-54)65(64-49(10)60(69)34-33-56(64)39-70)63(38-52)77-43-51-25-27-53(28-26-51)48(9)42-74(11,36-19-14-3)66(46(6)7)62(75)35-22-47(8)58(21-18-13-2)68(76)72-41-50-23-29-55(30-24-50)67-61(16-5)73-45-79-67;1-8-6-4-2-3-5-7-8;1-3-2;1-2;;;;/h14,23-30,34,37,39,42,44-47,54,57-58,66H,3,12-13,15-22,31-32,35-36,41,43H2,1-2,4-11H3,(H,72,76);4,8H,1-3,5-7H2;3H2,1-2H3;2H,1H3;1H3;;;/q-4;-2;;;-1;3*+1/b48-42+;;;;;;;. The smallest absolute Gasteiger partial charge is 0.862 e. The topological polar surface area (TPSA) is 132 Å². The van der Waals surface area contributed by atoms with Crippen molar-refractivity contribution >= 4 is 41.0 Å². The van der Waals surface area contributed by atoms with Gasteiger partial charge in [-0.2, -0.15) is 29.0 Å². The van der Waals surface area contributed by atoms with Gasteiger partial charge >= 0.3 is 154 Å². The van der Waals surface area contributed by atoms with Gasteiger partial charge in [-0.1, -0.05) is 181 Å². The number of amides is 1. The molecule has 2 N–H and O–H groups in total. The molecule has 2 fully saturated rings. The number of likely N-dealkylation sites (N-methyl/N-ethyl adjacent to an activating group) is 1. The van der Waals surface area contributed by atoms with E-state index in [1.165, 1.54) is 56.2 Å². The van der Waals surface area contributed by atoms with Crippen molar-refractivity contribution in [2.24, 2.45) is 28.7 Å². The van der Waals surface area contributed by atoms with Gasteiger partial charge in [0.2, 0.25) is 5.91 Å². The zero-order chi connectivity index (χ0) is 67.6. The molecule has 6 unspecified atom stereocenters. The summed E-state index contributed by atoms with van der Waals surface area (Å²) >= 11 is 1.65. The van der Waals surface area contributed by atoms with Crippen LogP contribution in [0.25, 0.3) is 32.5 Å². The van der Waals surface area contributed by atoms with E-state index in [0.29, 0.717) is 64.0 Å². The van der Waals surface area contributed by atoms with Gasteiger partial charge in [0.15, 0.2) is 11.8 Å². The molecule has 0 radical (unpaired) electrons. The number of carbonyl (C=O) groups excluding carboxylic acids is 2. The number of unbranched alkanes of at least 4 members (excludes halogenated alkanes) is 2. The van der Waals surface area contributed by atoms with Gasteiger partial charge in [-0.25, -0.2) is 29.8 Å². The van der Waals surface area contributed by atoms with Gasteiger partial charge in [-0.15, -0.1) is 35.6 Å². The number of benzene rings is 4. The Morgan fingerprint density at radius 3 is 2.24 bits per heavy atom. The zero-order valence-corrected chi connectivity index (χ0v) is 72.6. The first-order valence-electron chi connectivity index (χ1n) is 34.4. The first-order valence-corrected chi connectivity index (χ1v) is 35.3. The van der Waals surface area contributed by atoms with Gasteiger partial charge in [0.1, 0.15) is 6.61 Å². The van der Waals surface area contributed by atoms with E-state index in [2.05, 4.69) is 172 Å². The van der Waals surface area contributed by atoms with Crippen LogP contribution in [0.3, 0.4) is 0 Å². The summed E-state index contributed by atoms with van der Waals surface area (Å²) in [4.78, 5) is 38.7. The summed E-state index contributed by atoms with van der Waals surface area (Å²) in [6.07, 6.45) is 30.0. The van der Waals surface area contributed by atoms with Crippen LogP contribution in [0.15, 0.2) is 90.0 Å². The number of allylic oxidation sites excluding steroid dienone is 1. The van der Waals surface area contributed by atoms with E-state index >= 15 is 4.39 Å². The van der Waals surface area contributed by atoms with Gasteiger partial charge in [0, 0.05) is 55.8 Å². The van der Waals surface area contributed by atoms with Crippen LogP contribution in [-0.2, 0) is 33.9 Å². The second-order valence-electron chi connectivity index (χ2n) is 25.6. The number of hydrogen-bond acceptors (Lipinski definition) is 8. The molecule has 5 aromatic rings. The fourth-order valence-corrected chi connectivity index (χ4v) is 13.1. The largest absolute Gasteiger partial charge is 1.00 e. The van der Waals surface area contributed by atoms with Crippen molar-refractivity contribution in [3.05, 3.63) is 181 Å². The van der Waals surface area contributed by atoms with E-state index in [4.69, 9.17) is 14.6 Å². The van der Waals surface area contributed by atoms with E-state index in [1.54, 1.807) is 18.3 Å². The van der Waals surface area contributed by atoms with E-state index in [9.17, 15) is 15.0 Å². The van der Waals surface area contributed by atoms with Crippen LogP contribution in [0, 0.1) is 76.0 Å². The maximum Gasteiger partial charge on any atom is 1.00 e. The van der Waals surface area contributed by atoms with Gasteiger partial charge in [0.05, 0.1) is 35.9 Å². The van der Waals surface area contributed by atoms with E-state index in [1.807, 2.05) is 29.8 Å². The van der Waals surface area contributed by atoms with Crippen molar-refractivity contribution in [2.45, 2.75) is 229 Å². The minimum atomic E-state index is -0.428.